The molecule has 0 amide bonds. The summed E-state index contributed by atoms with van der Waals surface area (Å²) in [5.41, 5.74) is 0. The molecular weight excluding hydrogens is 284 g/mol. The highest BCUT2D eigenvalue weighted by atomic mass is 16.5. The van der Waals surface area contributed by atoms with Crippen LogP contribution in [0.2, 0.25) is 0 Å². The summed E-state index contributed by atoms with van der Waals surface area (Å²) in [7, 11) is 1.44. The van der Waals surface area contributed by atoms with Gasteiger partial charge in [0, 0.05) is 6.42 Å². The van der Waals surface area contributed by atoms with E-state index in [0.29, 0.717) is 6.42 Å². The number of methoxy groups -OCH3 is 1. The van der Waals surface area contributed by atoms with E-state index < -0.39 is 0 Å². The van der Waals surface area contributed by atoms with Crippen LogP contribution in [0.25, 0.3) is 0 Å². The summed E-state index contributed by atoms with van der Waals surface area (Å²) >= 11 is 0. The highest BCUT2D eigenvalue weighted by Gasteiger charge is 1.97. The number of hydrogen-bond acceptors (Lipinski definition) is 2. The molecule has 0 saturated carbocycles. The summed E-state index contributed by atoms with van der Waals surface area (Å²) in [5.74, 6) is -0.104. The molecule has 0 unspecified atom stereocenters. The van der Waals surface area contributed by atoms with E-state index in [0.717, 1.165) is 51.4 Å². The maximum absolute atomic E-state index is 10.9. The van der Waals surface area contributed by atoms with Crippen molar-refractivity contribution in [2.24, 2.45) is 0 Å². The minimum absolute atomic E-state index is 0.104. The first-order valence-corrected chi connectivity index (χ1v) is 8.59. The van der Waals surface area contributed by atoms with E-state index in [1.807, 2.05) is 6.08 Å². The number of carbonyl (C=O) groups is 1. The Morgan fingerprint density at radius 1 is 0.783 bits per heavy atom. The molecule has 0 atom stereocenters. The standard InChI is InChI=1S/C21H32O2/c1-3-4-5-6-7-8-9-10-11-12-13-14-15-16-17-18-19-20-21(22)23-2/h3,5-6,8-9,11-12,14-15H,1,4,7,10,13,16-20H2,2H3/b6-5-,9-8-,12-11-,15-14-. The smallest absolute Gasteiger partial charge is 0.305 e. The summed E-state index contributed by atoms with van der Waals surface area (Å²) in [6.45, 7) is 3.68. The van der Waals surface area contributed by atoms with Gasteiger partial charge in [-0.1, -0.05) is 61.1 Å². The Labute approximate surface area is 142 Å². The van der Waals surface area contributed by atoms with Gasteiger partial charge >= 0.3 is 5.97 Å². The van der Waals surface area contributed by atoms with Gasteiger partial charge in [0.05, 0.1) is 7.11 Å². The lowest BCUT2D eigenvalue weighted by molar-refractivity contribution is -0.140. The van der Waals surface area contributed by atoms with Crippen molar-refractivity contribution in [2.75, 3.05) is 7.11 Å². The first kappa shape index (κ1) is 21.2. The van der Waals surface area contributed by atoms with Gasteiger partial charge in [0.1, 0.15) is 0 Å². The number of hydrogen-bond donors (Lipinski definition) is 0. The Balaban J connectivity index is 3.40. The highest BCUT2D eigenvalue weighted by molar-refractivity contribution is 5.68. The quantitative estimate of drug-likeness (QED) is 0.220. The Morgan fingerprint density at radius 2 is 1.30 bits per heavy atom. The zero-order valence-corrected chi connectivity index (χ0v) is 14.6. The minimum Gasteiger partial charge on any atom is -0.469 e. The first-order chi connectivity index (χ1) is 11.3. The lowest BCUT2D eigenvalue weighted by atomic mass is 10.1. The Kier molecular flexibility index (Phi) is 16.8. The summed E-state index contributed by atoms with van der Waals surface area (Å²) < 4.78 is 4.61. The zero-order chi connectivity index (χ0) is 17.0. The van der Waals surface area contributed by atoms with Crippen LogP contribution in [0, 0.1) is 0 Å². The Bertz CT molecular complexity index is 400. The average Bonchev–Trinajstić information content (AvgIpc) is 2.57. The molecule has 0 N–H and O–H groups in total. The van der Waals surface area contributed by atoms with Gasteiger partial charge < -0.3 is 4.74 Å². The number of carbonyl (C=O) groups excluding carboxylic acids is 1. The van der Waals surface area contributed by atoms with Crippen molar-refractivity contribution >= 4 is 5.97 Å². The molecule has 0 aromatic rings. The monoisotopic (exact) mass is 316 g/mol. The van der Waals surface area contributed by atoms with E-state index in [9.17, 15) is 4.79 Å². The van der Waals surface area contributed by atoms with Crippen LogP contribution in [0.5, 0.6) is 0 Å². The van der Waals surface area contributed by atoms with Crippen LogP contribution >= 0.6 is 0 Å². The molecule has 0 aliphatic carbocycles. The molecule has 0 bridgehead atoms. The van der Waals surface area contributed by atoms with Crippen LogP contribution in [0.15, 0.2) is 61.3 Å². The normalized spacial score (nSPS) is 12.0. The fraction of sp³-hybridized carbons (Fsp3) is 0.476. The molecule has 23 heavy (non-hydrogen) atoms. The van der Waals surface area contributed by atoms with Crippen molar-refractivity contribution in [3.63, 3.8) is 0 Å². The summed E-state index contributed by atoms with van der Waals surface area (Å²) in [4.78, 5) is 10.9. The second-order valence-electron chi connectivity index (χ2n) is 5.29. The second kappa shape index (κ2) is 18.2. The summed E-state index contributed by atoms with van der Waals surface area (Å²) in [5, 5.41) is 0. The van der Waals surface area contributed by atoms with E-state index >= 15 is 0 Å². The maximum atomic E-state index is 10.9. The van der Waals surface area contributed by atoms with Gasteiger partial charge in [0.15, 0.2) is 0 Å². The molecule has 0 heterocycles. The molecule has 2 nitrogen and oxygen atoms in total. The predicted octanol–water partition coefficient (Wildman–Crippen LogP) is 6.08. The van der Waals surface area contributed by atoms with Crippen LogP contribution in [0.3, 0.4) is 0 Å². The molecule has 0 aliphatic heterocycles. The average molecular weight is 316 g/mol. The first-order valence-electron chi connectivity index (χ1n) is 8.59. The van der Waals surface area contributed by atoms with Crippen LogP contribution < -0.4 is 0 Å². The predicted molar refractivity (Wildman–Crippen MR) is 100 cm³/mol. The van der Waals surface area contributed by atoms with E-state index in [1.54, 1.807) is 0 Å². The molecule has 2 heteroatoms. The summed E-state index contributed by atoms with van der Waals surface area (Å²) in [6, 6.07) is 0. The molecule has 0 rings (SSSR count). The number of allylic oxidation sites excluding steroid dienone is 9. The van der Waals surface area contributed by atoms with Crippen LogP contribution in [-0.4, -0.2) is 13.1 Å². The molecule has 0 saturated heterocycles. The molecule has 0 aromatic carbocycles. The van der Waals surface area contributed by atoms with Crippen molar-refractivity contribution in [1.82, 2.24) is 0 Å². The molecule has 0 spiro atoms. The van der Waals surface area contributed by atoms with Gasteiger partial charge in [-0.05, 0) is 44.9 Å². The number of ether oxygens (including phenoxy) is 1. The third-order valence-corrected chi connectivity index (χ3v) is 3.27. The fourth-order valence-electron chi connectivity index (χ4n) is 1.93. The largest absolute Gasteiger partial charge is 0.469 e. The second-order valence-corrected chi connectivity index (χ2v) is 5.29. The maximum Gasteiger partial charge on any atom is 0.305 e. The number of unbranched alkanes of at least 4 members (excludes halogenated alkanes) is 3. The van der Waals surface area contributed by atoms with Crippen molar-refractivity contribution in [1.29, 1.82) is 0 Å². The van der Waals surface area contributed by atoms with E-state index in [-0.39, 0.29) is 5.97 Å². The fourth-order valence-corrected chi connectivity index (χ4v) is 1.93. The van der Waals surface area contributed by atoms with Crippen molar-refractivity contribution in [3.8, 4) is 0 Å². The van der Waals surface area contributed by atoms with Crippen LogP contribution in [0.4, 0.5) is 0 Å². The van der Waals surface area contributed by atoms with Crippen LogP contribution in [-0.2, 0) is 9.53 Å². The summed E-state index contributed by atoms with van der Waals surface area (Å²) in [6.07, 6.45) is 28.1. The van der Waals surface area contributed by atoms with E-state index in [1.165, 1.54) is 7.11 Å². The van der Waals surface area contributed by atoms with Crippen molar-refractivity contribution in [2.45, 2.75) is 57.8 Å². The lowest BCUT2D eigenvalue weighted by Crippen LogP contribution is -1.98. The van der Waals surface area contributed by atoms with Gasteiger partial charge in [-0.25, -0.2) is 0 Å². The third-order valence-electron chi connectivity index (χ3n) is 3.27. The van der Waals surface area contributed by atoms with Gasteiger partial charge in [0.2, 0.25) is 0 Å². The molecule has 128 valence electrons. The van der Waals surface area contributed by atoms with Crippen molar-refractivity contribution in [3.05, 3.63) is 61.3 Å². The van der Waals surface area contributed by atoms with Gasteiger partial charge in [-0.2, -0.15) is 0 Å². The number of esters is 1. The lowest BCUT2D eigenvalue weighted by Gasteiger charge is -1.98. The van der Waals surface area contributed by atoms with Gasteiger partial charge in [-0.15, -0.1) is 6.58 Å². The molecular formula is C21H32O2. The van der Waals surface area contributed by atoms with E-state index in [4.69, 9.17) is 0 Å². The SMILES string of the molecule is C=CC/C=C\C/C=C\C/C=C\C/C=C\CCCCCC(=O)OC. The van der Waals surface area contributed by atoms with Gasteiger partial charge in [0.25, 0.3) is 0 Å². The number of rotatable bonds is 14. The zero-order valence-electron chi connectivity index (χ0n) is 14.6. The van der Waals surface area contributed by atoms with Crippen molar-refractivity contribution < 1.29 is 9.53 Å². The Morgan fingerprint density at radius 3 is 1.83 bits per heavy atom. The van der Waals surface area contributed by atoms with Crippen LogP contribution in [0.1, 0.15) is 57.8 Å². The highest BCUT2D eigenvalue weighted by Crippen LogP contribution is 2.05. The van der Waals surface area contributed by atoms with E-state index in [2.05, 4.69) is 59.9 Å². The third kappa shape index (κ3) is 18.1. The minimum atomic E-state index is -0.104. The molecule has 0 aliphatic rings. The topological polar surface area (TPSA) is 26.3 Å². The Hall–Kier alpha value is -1.83. The molecule has 0 aromatic heterocycles. The van der Waals surface area contributed by atoms with Gasteiger partial charge in [-0.3, -0.25) is 4.79 Å². The molecule has 0 radical (unpaired) electrons. The molecule has 0 fully saturated rings.